The molecular formula is C8H6N5O. The van der Waals surface area contributed by atoms with E-state index in [4.69, 9.17) is 5.73 Å². The normalized spacial score (nSPS) is 10.0. The van der Waals surface area contributed by atoms with E-state index in [0.29, 0.717) is 11.4 Å². The molecule has 1 aromatic carbocycles. The van der Waals surface area contributed by atoms with Crippen molar-refractivity contribution in [3.8, 4) is 11.4 Å². The molecule has 1 radical (unpaired) electrons. The third-order valence-corrected chi connectivity index (χ3v) is 1.70. The van der Waals surface area contributed by atoms with E-state index in [1.165, 1.54) is 0 Å². The van der Waals surface area contributed by atoms with E-state index < -0.39 is 5.91 Å². The predicted octanol–water partition coefficient (Wildman–Crippen LogP) is -0.234. The second-order valence-corrected chi connectivity index (χ2v) is 2.61. The molecule has 6 heteroatoms. The maximum absolute atomic E-state index is 10.7. The summed E-state index contributed by atoms with van der Waals surface area (Å²) in [7, 11) is 0. The fraction of sp³-hybridized carbons (Fsp3) is 0. The van der Waals surface area contributed by atoms with Gasteiger partial charge in [0.25, 0.3) is 0 Å². The Hall–Kier alpha value is -2.24. The number of H-pyrrole nitrogens is 1. The first-order valence-corrected chi connectivity index (χ1v) is 3.83. The van der Waals surface area contributed by atoms with Gasteiger partial charge in [0.15, 0.2) is 5.82 Å². The van der Waals surface area contributed by atoms with Crippen LogP contribution in [-0.4, -0.2) is 26.5 Å². The molecule has 0 aliphatic carbocycles. The number of rotatable bonds is 2. The standard InChI is InChI=1S/C8H6N5O/c9-7(14)5-1-3-6(4-2-5)8-10-12-13-11-8/h1,3-4H,(H2,9,14)(H,10,11,12,13). The van der Waals surface area contributed by atoms with Crippen LogP contribution in [0.25, 0.3) is 11.4 Å². The first-order chi connectivity index (χ1) is 6.77. The van der Waals surface area contributed by atoms with Gasteiger partial charge in [0.1, 0.15) is 0 Å². The largest absolute Gasteiger partial charge is 0.366 e. The molecule has 0 unspecified atom stereocenters. The summed E-state index contributed by atoms with van der Waals surface area (Å²) in [5, 5.41) is 13.2. The van der Waals surface area contributed by atoms with Gasteiger partial charge in [-0.15, -0.1) is 5.10 Å². The second-order valence-electron chi connectivity index (χ2n) is 2.61. The molecule has 0 aliphatic heterocycles. The van der Waals surface area contributed by atoms with Crippen molar-refractivity contribution < 1.29 is 4.79 Å². The van der Waals surface area contributed by atoms with Crippen LogP contribution in [0, 0.1) is 6.07 Å². The minimum absolute atomic E-state index is 0.334. The minimum Gasteiger partial charge on any atom is -0.366 e. The van der Waals surface area contributed by atoms with Gasteiger partial charge in [0.05, 0.1) is 0 Å². The van der Waals surface area contributed by atoms with E-state index in [0.717, 1.165) is 5.56 Å². The average molecular weight is 188 g/mol. The van der Waals surface area contributed by atoms with Gasteiger partial charge in [0.2, 0.25) is 5.91 Å². The number of hydrogen-bond acceptors (Lipinski definition) is 4. The lowest BCUT2D eigenvalue weighted by Crippen LogP contribution is -2.10. The molecule has 6 nitrogen and oxygen atoms in total. The molecule has 2 rings (SSSR count). The average Bonchev–Trinajstić information content (AvgIpc) is 2.71. The zero-order valence-electron chi connectivity index (χ0n) is 7.06. The van der Waals surface area contributed by atoms with E-state index >= 15 is 0 Å². The van der Waals surface area contributed by atoms with Gasteiger partial charge in [-0.2, -0.15) is 0 Å². The fourth-order valence-corrected chi connectivity index (χ4v) is 1.01. The number of carbonyl (C=O) groups is 1. The van der Waals surface area contributed by atoms with Gasteiger partial charge in [-0.25, -0.2) is 5.10 Å². The Morgan fingerprint density at radius 3 is 2.86 bits per heavy atom. The lowest BCUT2D eigenvalue weighted by molar-refractivity contribution is 0.1000. The summed E-state index contributed by atoms with van der Waals surface area (Å²) < 4.78 is 0. The van der Waals surface area contributed by atoms with Gasteiger partial charge >= 0.3 is 0 Å². The summed E-state index contributed by atoms with van der Waals surface area (Å²) in [4.78, 5) is 10.7. The van der Waals surface area contributed by atoms with Crippen molar-refractivity contribution >= 4 is 5.91 Å². The van der Waals surface area contributed by atoms with E-state index in [9.17, 15) is 4.79 Å². The summed E-state index contributed by atoms with van der Waals surface area (Å²) >= 11 is 0. The van der Waals surface area contributed by atoms with Gasteiger partial charge in [-0.1, -0.05) is 6.07 Å². The monoisotopic (exact) mass is 188 g/mol. The summed E-state index contributed by atoms with van der Waals surface area (Å²) in [5.41, 5.74) is 6.15. The SMILES string of the molecule is NC(=O)c1[c]cc(-c2nnn[nH]2)cc1. The Kier molecular flexibility index (Phi) is 1.94. The molecule has 1 amide bonds. The highest BCUT2D eigenvalue weighted by Gasteiger charge is 2.03. The molecule has 0 fully saturated rings. The molecule has 1 heterocycles. The van der Waals surface area contributed by atoms with Crippen LogP contribution >= 0.6 is 0 Å². The van der Waals surface area contributed by atoms with Crippen LogP contribution in [0.5, 0.6) is 0 Å². The highest BCUT2D eigenvalue weighted by atomic mass is 16.1. The molecule has 2 aromatic rings. The molecule has 69 valence electrons. The molecule has 3 N–H and O–H groups in total. The fourth-order valence-electron chi connectivity index (χ4n) is 1.01. The Labute approximate surface area is 79.1 Å². The number of aromatic nitrogens is 4. The minimum atomic E-state index is -0.507. The zero-order valence-corrected chi connectivity index (χ0v) is 7.06. The van der Waals surface area contributed by atoms with Crippen LogP contribution in [0.3, 0.4) is 0 Å². The van der Waals surface area contributed by atoms with Crippen molar-refractivity contribution in [2.75, 3.05) is 0 Å². The van der Waals surface area contributed by atoms with Gasteiger partial charge in [-0.05, 0) is 28.6 Å². The maximum atomic E-state index is 10.7. The number of amides is 1. The van der Waals surface area contributed by atoms with Crippen LogP contribution in [0.1, 0.15) is 10.4 Å². The van der Waals surface area contributed by atoms with Crippen molar-refractivity contribution in [2.45, 2.75) is 0 Å². The van der Waals surface area contributed by atoms with Crippen LogP contribution in [0.4, 0.5) is 0 Å². The van der Waals surface area contributed by atoms with Crippen LogP contribution in [-0.2, 0) is 0 Å². The van der Waals surface area contributed by atoms with Crippen LogP contribution < -0.4 is 5.73 Å². The van der Waals surface area contributed by atoms with Gasteiger partial charge in [0, 0.05) is 11.1 Å². The molecule has 0 saturated heterocycles. The second kappa shape index (κ2) is 3.25. The lowest BCUT2D eigenvalue weighted by atomic mass is 10.1. The number of primary amides is 1. The highest BCUT2D eigenvalue weighted by molar-refractivity contribution is 5.92. The van der Waals surface area contributed by atoms with Crippen molar-refractivity contribution in [2.24, 2.45) is 5.73 Å². The molecule has 0 spiro atoms. The molecule has 0 aliphatic rings. The molecule has 0 atom stereocenters. The summed E-state index contributed by atoms with van der Waals surface area (Å²) in [6, 6.07) is 7.60. The lowest BCUT2D eigenvalue weighted by Gasteiger charge is -1.96. The molecule has 0 saturated carbocycles. The summed E-state index contributed by atoms with van der Waals surface area (Å²) in [6.45, 7) is 0. The maximum Gasteiger partial charge on any atom is 0.249 e. The Morgan fingerprint density at radius 2 is 2.36 bits per heavy atom. The third kappa shape index (κ3) is 1.45. The molecule has 0 bridgehead atoms. The van der Waals surface area contributed by atoms with Crippen LogP contribution in [0.2, 0.25) is 0 Å². The predicted molar refractivity (Wildman–Crippen MR) is 47.0 cm³/mol. The Bertz CT molecular complexity index is 433. The highest BCUT2D eigenvalue weighted by Crippen LogP contribution is 2.12. The third-order valence-electron chi connectivity index (χ3n) is 1.70. The van der Waals surface area contributed by atoms with E-state index in [1.54, 1.807) is 18.2 Å². The number of tetrazole rings is 1. The Balaban J connectivity index is 2.36. The van der Waals surface area contributed by atoms with E-state index in [2.05, 4.69) is 26.7 Å². The van der Waals surface area contributed by atoms with E-state index in [-0.39, 0.29) is 0 Å². The quantitative estimate of drug-likeness (QED) is 0.679. The molecule has 1 aromatic heterocycles. The molecule has 14 heavy (non-hydrogen) atoms. The number of aromatic amines is 1. The van der Waals surface area contributed by atoms with Crippen molar-refractivity contribution in [3.05, 3.63) is 29.8 Å². The van der Waals surface area contributed by atoms with Gasteiger partial charge in [-0.3, -0.25) is 4.79 Å². The first kappa shape index (κ1) is 8.36. The molecular weight excluding hydrogens is 182 g/mol. The number of nitrogens with two attached hydrogens (primary N) is 1. The topological polar surface area (TPSA) is 97.6 Å². The first-order valence-electron chi connectivity index (χ1n) is 3.83. The number of nitrogens with zero attached hydrogens (tertiary/aromatic N) is 3. The summed E-state index contributed by atoms with van der Waals surface area (Å²) in [5.74, 6) is 0.0181. The van der Waals surface area contributed by atoms with Crippen molar-refractivity contribution in [3.63, 3.8) is 0 Å². The van der Waals surface area contributed by atoms with Crippen molar-refractivity contribution in [1.29, 1.82) is 0 Å². The number of carbonyl (C=O) groups excluding carboxylic acids is 1. The van der Waals surface area contributed by atoms with Crippen LogP contribution in [0.15, 0.2) is 18.2 Å². The Morgan fingerprint density at radius 1 is 1.50 bits per heavy atom. The zero-order chi connectivity index (χ0) is 9.97. The van der Waals surface area contributed by atoms with Crippen molar-refractivity contribution in [1.82, 2.24) is 20.6 Å². The van der Waals surface area contributed by atoms with Gasteiger partial charge < -0.3 is 5.73 Å². The number of nitrogens with one attached hydrogen (secondary N) is 1. The number of benzene rings is 1. The summed E-state index contributed by atoms with van der Waals surface area (Å²) in [6.07, 6.45) is 0. The van der Waals surface area contributed by atoms with E-state index in [1.807, 2.05) is 0 Å². The number of hydrogen-bond donors (Lipinski definition) is 2. The smallest absolute Gasteiger partial charge is 0.249 e.